The van der Waals surface area contributed by atoms with Crippen molar-refractivity contribution in [2.45, 2.75) is 6.61 Å². The molecule has 162 valence electrons. The van der Waals surface area contributed by atoms with Gasteiger partial charge in [-0.2, -0.15) is 0 Å². The standard InChI is InChI=1S/C24H16Cl2INO4/c1-30-22-11-15(4-9-21(22)31-13-14-2-6-17(27)7-3-14)10-20-24(29)32-23(28-20)16-5-8-18(25)19(26)12-16/h2-12H,13H2,1H3/b20-10-. The third kappa shape index (κ3) is 5.26. The zero-order chi connectivity index (χ0) is 22.7. The predicted octanol–water partition coefficient (Wildman–Crippen LogP) is 6.53. The van der Waals surface area contributed by atoms with Crippen molar-refractivity contribution in [2.75, 3.05) is 7.11 Å². The second kappa shape index (κ2) is 9.94. The first-order chi connectivity index (χ1) is 15.4. The molecule has 0 atom stereocenters. The molecule has 3 aromatic carbocycles. The van der Waals surface area contributed by atoms with E-state index in [0.29, 0.717) is 33.7 Å². The molecule has 0 saturated heterocycles. The minimum absolute atomic E-state index is 0.167. The van der Waals surface area contributed by atoms with Gasteiger partial charge < -0.3 is 14.2 Å². The van der Waals surface area contributed by atoms with Crippen LogP contribution in [0.25, 0.3) is 6.08 Å². The third-order valence-electron chi connectivity index (χ3n) is 4.59. The molecule has 0 unspecified atom stereocenters. The van der Waals surface area contributed by atoms with E-state index in [1.54, 1.807) is 43.5 Å². The Morgan fingerprint density at radius 1 is 1.00 bits per heavy atom. The minimum Gasteiger partial charge on any atom is -0.493 e. The van der Waals surface area contributed by atoms with E-state index in [1.807, 2.05) is 30.3 Å². The molecule has 0 radical (unpaired) electrons. The van der Waals surface area contributed by atoms with Crippen molar-refractivity contribution >= 4 is 63.7 Å². The maximum atomic E-state index is 12.3. The summed E-state index contributed by atoms with van der Waals surface area (Å²) in [5.74, 6) is 0.764. The maximum absolute atomic E-state index is 12.3. The van der Waals surface area contributed by atoms with Crippen LogP contribution in [0.1, 0.15) is 16.7 Å². The van der Waals surface area contributed by atoms with Crippen LogP contribution < -0.4 is 9.47 Å². The smallest absolute Gasteiger partial charge is 0.363 e. The number of carbonyl (C=O) groups is 1. The lowest BCUT2D eigenvalue weighted by molar-refractivity contribution is -0.129. The largest absolute Gasteiger partial charge is 0.493 e. The van der Waals surface area contributed by atoms with E-state index in [-0.39, 0.29) is 11.6 Å². The normalized spacial score (nSPS) is 14.3. The van der Waals surface area contributed by atoms with E-state index in [4.69, 9.17) is 37.4 Å². The molecule has 8 heteroatoms. The molecule has 0 spiro atoms. The second-order valence-corrected chi connectivity index (χ2v) is 8.85. The van der Waals surface area contributed by atoms with Gasteiger partial charge in [0.05, 0.1) is 17.2 Å². The highest BCUT2D eigenvalue weighted by molar-refractivity contribution is 14.1. The number of esters is 1. The van der Waals surface area contributed by atoms with Gasteiger partial charge in [0.15, 0.2) is 17.2 Å². The molecule has 32 heavy (non-hydrogen) atoms. The highest BCUT2D eigenvalue weighted by atomic mass is 127. The summed E-state index contributed by atoms with van der Waals surface area (Å²) in [6, 6.07) is 18.4. The van der Waals surface area contributed by atoms with Gasteiger partial charge in [0.2, 0.25) is 5.90 Å². The lowest BCUT2D eigenvalue weighted by Crippen LogP contribution is -2.05. The van der Waals surface area contributed by atoms with Gasteiger partial charge in [0.1, 0.15) is 6.61 Å². The first-order valence-corrected chi connectivity index (χ1v) is 11.3. The van der Waals surface area contributed by atoms with E-state index < -0.39 is 5.97 Å². The molecule has 0 aliphatic carbocycles. The fraction of sp³-hybridized carbons (Fsp3) is 0.0833. The van der Waals surface area contributed by atoms with Crippen molar-refractivity contribution < 1.29 is 19.0 Å². The molecule has 0 bridgehead atoms. The molecule has 1 aliphatic heterocycles. The number of hydrogen-bond donors (Lipinski definition) is 0. The first-order valence-electron chi connectivity index (χ1n) is 9.46. The number of methoxy groups -OCH3 is 1. The molecule has 4 rings (SSSR count). The van der Waals surface area contributed by atoms with Crippen molar-refractivity contribution in [2.24, 2.45) is 4.99 Å². The zero-order valence-corrected chi connectivity index (χ0v) is 20.4. The number of ether oxygens (including phenoxy) is 3. The monoisotopic (exact) mass is 579 g/mol. The second-order valence-electron chi connectivity index (χ2n) is 6.79. The molecule has 0 saturated carbocycles. The van der Waals surface area contributed by atoms with Crippen molar-refractivity contribution in [3.05, 3.63) is 96.7 Å². The van der Waals surface area contributed by atoms with Gasteiger partial charge in [-0.05, 0) is 82.3 Å². The molecule has 0 N–H and O–H groups in total. The van der Waals surface area contributed by atoms with Crippen LogP contribution in [-0.2, 0) is 16.1 Å². The van der Waals surface area contributed by atoms with Crippen LogP contribution in [0, 0.1) is 3.57 Å². The van der Waals surface area contributed by atoms with Gasteiger partial charge in [0, 0.05) is 9.13 Å². The number of halogens is 3. The zero-order valence-electron chi connectivity index (χ0n) is 16.8. The molecule has 0 aromatic heterocycles. The van der Waals surface area contributed by atoms with Crippen LogP contribution >= 0.6 is 45.8 Å². The number of rotatable bonds is 6. The summed E-state index contributed by atoms with van der Waals surface area (Å²) in [6.45, 7) is 0.414. The van der Waals surface area contributed by atoms with E-state index in [1.165, 1.54) is 0 Å². The number of aliphatic imine (C=N–C) groups is 1. The average molecular weight is 580 g/mol. The van der Waals surface area contributed by atoms with Gasteiger partial charge in [-0.25, -0.2) is 9.79 Å². The fourth-order valence-electron chi connectivity index (χ4n) is 2.95. The molecule has 5 nitrogen and oxygen atoms in total. The Morgan fingerprint density at radius 2 is 1.78 bits per heavy atom. The number of hydrogen-bond acceptors (Lipinski definition) is 5. The lowest BCUT2D eigenvalue weighted by atomic mass is 10.1. The quantitative estimate of drug-likeness (QED) is 0.189. The summed E-state index contributed by atoms with van der Waals surface area (Å²) in [7, 11) is 1.56. The van der Waals surface area contributed by atoms with Gasteiger partial charge in [-0.3, -0.25) is 0 Å². The van der Waals surface area contributed by atoms with Crippen molar-refractivity contribution in [1.82, 2.24) is 0 Å². The summed E-state index contributed by atoms with van der Waals surface area (Å²) < 4.78 is 17.8. The Balaban J connectivity index is 1.54. The van der Waals surface area contributed by atoms with Crippen LogP contribution in [0.2, 0.25) is 10.0 Å². The van der Waals surface area contributed by atoms with Crippen LogP contribution in [-0.4, -0.2) is 19.0 Å². The lowest BCUT2D eigenvalue weighted by Gasteiger charge is -2.11. The summed E-state index contributed by atoms with van der Waals surface area (Å²) in [6.07, 6.45) is 1.62. The van der Waals surface area contributed by atoms with Crippen LogP contribution in [0.3, 0.4) is 0 Å². The van der Waals surface area contributed by atoms with Gasteiger partial charge in [0.25, 0.3) is 0 Å². The number of cyclic esters (lactones) is 1. The van der Waals surface area contributed by atoms with E-state index >= 15 is 0 Å². The maximum Gasteiger partial charge on any atom is 0.363 e. The van der Waals surface area contributed by atoms with Gasteiger partial charge in [-0.1, -0.05) is 41.4 Å². The van der Waals surface area contributed by atoms with Crippen LogP contribution in [0.15, 0.2) is 71.4 Å². The Hall–Kier alpha value is -2.55. The van der Waals surface area contributed by atoms with Gasteiger partial charge >= 0.3 is 5.97 Å². The van der Waals surface area contributed by atoms with Crippen molar-refractivity contribution in [3.63, 3.8) is 0 Å². The highest BCUT2D eigenvalue weighted by Crippen LogP contribution is 2.31. The summed E-state index contributed by atoms with van der Waals surface area (Å²) in [5.41, 5.74) is 2.50. The number of carbonyl (C=O) groups excluding carboxylic acids is 1. The summed E-state index contributed by atoms with van der Waals surface area (Å²) in [4.78, 5) is 16.6. The summed E-state index contributed by atoms with van der Waals surface area (Å²) >= 11 is 14.3. The third-order valence-corrected chi connectivity index (χ3v) is 6.04. The molecular weight excluding hydrogens is 564 g/mol. The van der Waals surface area contributed by atoms with Crippen LogP contribution in [0.5, 0.6) is 11.5 Å². The van der Waals surface area contributed by atoms with Crippen LogP contribution in [0.4, 0.5) is 0 Å². The minimum atomic E-state index is -0.552. The molecular formula is C24H16Cl2INO4. The molecule has 1 aliphatic rings. The van der Waals surface area contributed by atoms with Crippen molar-refractivity contribution in [3.8, 4) is 11.5 Å². The number of benzene rings is 3. The number of nitrogens with zero attached hydrogens (tertiary/aromatic N) is 1. The Morgan fingerprint density at radius 3 is 2.50 bits per heavy atom. The topological polar surface area (TPSA) is 57.1 Å². The highest BCUT2D eigenvalue weighted by Gasteiger charge is 2.24. The Kier molecular flexibility index (Phi) is 7.03. The Bertz CT molecular complexity index is 1240. The van der Waals surface area contributed by atoms with E-state index in [0.717, 1.165) is 14.7 Å². The Labute approximate surface area is 208 Å². The van der Waals surface area contributed by atoms with E-state index in [9.17, 15) is 4.79 Å². The molecule has 0 fully saturated rings. The fourth-order valence-corrected chi connectivity index (χ4v) is 3.61. The molecule has 1 heterocycles. The predicted molar refractivity (Wildman–Crippen MR) is 134 cm³/mol. The van der Waals surface area contributed by atoms with E-state index in [2.05, 4.69) is 27.6 Å². The average Bonchev–Trinajstić information content (AvgIpc) is 3.15. The SMILES string of the molecule is COc1cc(/C=C2\N=C(c3ccc(Cl)c(Cl)c3)OC2=O)ccc1OCc1ccc(I)cc1. The first kappa shape index (κ1) is 22.6. The summed E-state index contributed by atoms with van der Waals surface area (Å²) in [5, 5.41) is 0.762. The van der Waals surface area contributed by atoms with Crippen molar-refractivity contribution in [1.29, 1.82) is 0 Å². The van der Waals surface area contributed by atoms with Gasteiger partial charge in [-0.15, -0.1) is 0 Å². The molecule has 3 aromatic rings. The molecule has 0 amide bonds.